The van der Waals surface area contributed by atoms with Gasteiger partial charge < -0.3 is 0 Å². The molecule has 1 N–H and O–H groups in total. The highest BCUT2D eigenvalue weighted by Gasteiger charge is 2.29. The monoisotopic (exact) mass is 372 g/mol. The van der Waals surface area contributed by atoms with E-state index in [0.29, 0.717) is 5.03 Å². The highest BCUT2D eigenvalue weighted by atomic mass is 32.2. The number of amides is 1. The van der Waals surface area contributed by atoms with Crippen molar-refractivity contribution in [3.05, 3.63) is 59.0 Å². The van der Waals surface area contributed by atoms with Crippen molar-refractivity contribution in [1.82, 2.24) is 5.27 Å². The van der Waals surface area contributed by atoms with E-state index in [1.54, 1.807) is 23.7 Å². The predicted molar refractivity (Wildman–Crippen MR) is 95.4 cm³/mol. The first-order valence-corrected chi connectivity index (χ1v) is 9.34. The molecule has 6 nitrogen and oxygen atoms in total. The third kappa shape index (κ3) is 2.87. The molecule has 4 rings (SSSR count). The predicted octanol–water partition coefficient (Wildman–Crippen LogP) is 2.71. The summed E-state index contributed by atoms with van der Waals surface area (Å²) in [5, 5.41) is 2.81. The van der Waals surface area contributed by atoms with Crippen molar-refractivity contribution in [1.29, 1.82) is 0 Å². The van der Waals surface area contributed by atoms with Crippen molar-refractivity contribution in [3.63, 3.8) is 0 Å². The lowest BCUT2D eigenvalue weighted by atomic mass is 10.2. The summed E-state index contributed by atoms with van der Waals surface area (Å²) in [6.45, 7) is 0. The number of H-pyrrole nitrogens is 1. The van der Waals surface area contributed by atoms with E-state index >= 15 is 0 Å². The zero-order chi connectivity index (χ0) is 17.4. The maximum absolute atomic E-state index is 13.0. The van der Waals surface area contributed by atoms with Crippen LogP contribution in [0.4, 0.5) is 11.4 Å². The van der Waals surface area contributed by atoms with Gasteiger partial charge in [0.25, 0.3) is 0 Å². The number of aryl methyl sites for hydroxylation is 1. The third-order valence-corrected chi connectivity index (χ3v) is 6.00. The molecule has 126 valence electrons. The second kappa shape index (κ2) is 6.45. The Morgan fingerprint density at radius 2 is 1.76 bits per heavy atom. The first-order chi connectivity index (χ1) is 12.1. The molecule has 25 heavy (non-hydrogen) atoms. The molecule has 0 aliphatic carbocycles. The lowest BCUT2D eigenvalue weighted by molar-refractivity contribution is -0.772. The van der Waals surface area contributed by atoms with Gasteiger partial charge in [0.1, 0.15) is 0 Å². The number of rotatable bonds is 3. The van der Waals surface area contributed by atoms with E-state index in [1.165, 1.54) is 4.68 Å². The van der Waals surface area contributed by atoms with E-state index in [2.05, 4.69) is 5.27 Å². The maximum atomic E-state index is 13.0. The number of anilines is 2. The fourth-order valence-corrected chi connectivity index (χ4v) is 4.49. The number of fused-ring (bicyclic) bond motifs is 2. The van der Waals surface area contributed by atoms with Gasteiger partial charge in [0, 0.05) is 9.79 Å². The highest BCUT2D eigenvalue weighted by molar-refractivity contribution is 8.00. The van der Waals surface area contributed by atoms with Crippen molar-refractivity contribution >= 4 is 40.8 Å². The van der Waals surface area contributed by atoms with Gasteiger partial charge in [-0.15, -0.1) is 0 Å². The number of hydrogen-bond donors (Lipinski definition) is 1. The van der Waals surface area contributed by atoms with Gasteiger partial charge in [-0.2, -0.15) is 0 Å². The molecule has 2 aromatic carbocycles. The minimum absolute atomic E-state index is 0.0919. The zero-order valence-corrected chi connectivity index (χ0v) is 14.9. The Morgan fingerprint density at radius 3 is 2.32 bits per heavy atom. The second-order valence-corrected chi connectivity index (χ2v) is 7.45. The summed E-state index contributed by atoms with van der Waals surface area (Å²) in [6.07, 6.45) is 0. The van der Waals surface area contributed by atoms with Crippen LogP contribution in [0.25, 0.3) is 0 Å². The van der Waals surface area contributed by atoms with Gasteiger partial charge in [0.2, 0.25) is 5.91 Å². The van der Waals surface area contributed by atoms with Crippen LogP contribution in [0.1, 0.15) is 0 Å². The van der Waals surface area contributed by atoms with Crippen molar-refractivity contribution < 1.29 is 14.0 Å². The summed E-state index contributed by atoms with van der Waals surface area (Å²) in [5.74, 6) is 0.0369. The minimum Gasteiger partial charge on any atom is -0.282 e. The topological polar surface area (TPSA) is 70.2 Å². The van der Waals surface area contributed by atoms with Gasteiger partial charge in [-0.3, -0.25) is 14.2 Å². The molecular formula is C17H14N3O3S2+. The van der Waals surface area contributed by atoms with Crippen LogP contribution in [0, 0.1) is 0 Å². The number of hydrogen-bond acceptors (Lipinski definition) is 5. The van der Waals surface area contributed by atoms with Crippen LogP contribution in [-0.2, 0) is 11.8 Å². The molecule has 2 heterocycles. The first-order valence-electron chi connectivity index (χ1n) is 7.54. The number of nitrogens with zero attached hydrogens (tertiary/aromatic N) is 2. The fourth-order valence-electron chi connectivity index (χ4n) is 2.66. The van der Waals surface area contributed by atoms with E-state index in [-0.39, 0.29) is 11.7 Å². The fraction of sp³-hybridized carbons (Fsp3) is 0.118. The molecule has 1 aromatic heterocycles. The molecule has 3 aromatic rings. The molecule has 0 atom stereocenters. The number of aromatic nitrogens is 2. The van der Waals surface area contributed by atoms with Gasteiger partial charge >= 0.3 is 10.7 Å². The molecular weight excluding hydrogens is 358 g/mol. The molecule has 1 amide bonds. The van der Waals surface area contributed by atoms with Gasteiger partial charge in [0.05, 0.1) is 17.1 Å². The zero-order valence-electron chi connectivity index (χ0n) is 13.3. The summed E-state index contributed by atoms with van der Waals surface area (Å²) in [4.78, 5) is 28.4. The van der Waals surface area contributed by atoms with Gasteiger partial charge in [-0.1, -0.05) is 40.7 Å². The number of nitrogens with one attached hydrogen (secondary N) is 1. The van der Waals surface area contributed by atoms with Crippen LogP contribution in [0.3, 0.4) is 0 Å². The number of para-hydroxylation sites is 2. The van der Waals surface area contributed by atoms with Gasteiger partial charge in [0.15, 0.2) is 7.05 Å². The molecule has 1 aliphatic rings. The molecule has 0 radical (unpaired) electrons. The Hall–Kier alpha value is -2.45. The molecule has 0 unspecified atom stereocenters. The standard InChI is InChI=1S/C17H13N3O3S2/c1-19-16(17(22)23-18-19)24-10-15(21)20-11-6-2-4-8-13(11)25-14-9-5-3-7-12(14)20/h2-9H,10H2,1H3/p+1. The van der Waals surface area contributed by atoms with E-state index in [0.717, 1.165) is 32.9 Å². The van der Waals surface area contributed by atoms with Crippen LogP contribution in [-0.4, -0.2) is 16.9 Å². The SMILES string of the molecule is C[n+]1[nH]oc(=O)c1SCC(=O)N1c2ccccc2Sc2ccccc21. The van der Waals surface area contributed by atoms with Crippen LogP contribution in [0.15, 0.2) is 72.7 Å². The molecule has 0 saturated carbocycles. The van der Waals surface area contributed by atoms with Crippen LogP contribution >= 0.6 is 23.5 Å². The Balaban J connectivity index is 1.67. The summed E-state index contributed by atoms with van der Waals surface area (Å²) >= 11 is 2.81. The quantitative estimate of drug-likeness (QED) is 0.565. The molecule has 0 spiro atoms. The van der Waals surface area contributed by atoms with Crippen LogP contribution in [0.5, 0.6) is 0 Å². The van der Waals surface area contributed by atoms with E-state index in [9.17, 15) is 9.59 Å². The van der Waals surface area contributed by atoms with Crippen LogP contribution < -0.4 is 15.2 Å². The molecule has 0 saturated heterocycles. The molecule has 0 fully saturated rings. The lowest BCUT2D eigenvalue weighted by Crippen LogP contribution is -2.35. The summed E-state index contributed by atoms with van der Waals surface area (Å²) in [5.41, 5.74) is 1.25. The van der Waals surface area contributed by atoms with E-state index in [1.807, 2.05) is 48.5 Å². The Morgan fingerprint density at radius 1 is 1.16 bits per heavy atom. The average molecular weight is 372 g/mol. The van der Waals surface area contributed by atoms with Gasteiger partial charge in [-0.25, -0.2) is 4.79 Å². The number of carbonyl (C=O) groups is 1. The smallest absolute Gasteiger partial charge is 0.282 e. The Kier molecular flexibility index (Phi) is 4.14. The minimum atomic E-state index is -0.477. The van der Waals surface area contributed by atoms with E-state index < -0.39 is 5.63 Å². The largest absolute Gasteiger partial charge is 0.441 e. The summed E-state index contributed by atoms with van der Waals surface area (Å²) in [6, 6.07) is 15.6. The van der Waals surface area contributed by atoms with Crippen molar-refractivity contribution in [2.45, 2.75) is 14.8 Å². The normalized spacial score (nSPS) is 12.6. The number of benzene rings is 2. The summed E-state index contributed by atoms with van der Waals surface area (Å²) in [7, 11) is 1.67. The highest BCUT2D eigenvalue weighted by Crippen LogP contribution is 2.48. The van der Waals surface area contributed by atoms with Gasteiger partial charge in [-0.05, 0) is 41.3 Å². The summed E-state index contributed by atoms with van der Waals surface area (Å²) < 4.78 is 6.19. The van der Waals surface area contributed by atoms with Crippen molar-refractivity contribution in [2.75, 3.05) is 10.7 Å². The van der Waals surface area contributed by atoms with Crippen molar-refractivity contribution in [2.24, 2.45) is 7.05 Å². The molecule has 8 heteroatoms. The maximum Gasteiger partial charge on any atom is 0.441 e. The number of aromatic amines is 1. The van der Waals surface area contributed by atoms with Crippen LogP contribution in [0.2, 0.25) is 0 Å². The lowest BCUT2D eigenvalue weighted by Gasteiger charge is -2.30. The first kappa shape index (κ1) is 16.0. The number of thioether (sulfide) groups is 1. The van der Waals surface area contributed by atoms with E-state index in [4.69, 9.17) is 4.52 Å². The molecule has 1 aliphatic heterocycles. The molecule has 0 bridgehead atoms. The second-order valence-electron chi connectivity index (χ2n) is 5.40. The Bertz CT molecular complexity index is 967. The average Bonchev–Trinajstić information content (AvgIpc) is 2.95. The number of carbonyl (C=O) groups excluding carboxylic acids is 1. The Labute approximate surface area is 151 Å². The van der Waals surface area contributed by atoms with Crippen molar-refractivity contribution in [3.8, 4) is 0 Å². The third-order valence-electron chi connectivity index (χ3n) is 3.77.